The Hall–Kier alpha value is -8.72. The molecule has 2 aliphatic rings. The molecule has 2 heteroatoms. The lowest BCUT2D eigenvalue weighted by Gasteiger charge is -2.33. The number of aromatic nitrogens is 1. The molecule has 12 aromatic rings. The molecule has 0 bridgehead atoms. The molecule has 0 saturated heterocycles. The van der Waals surface area contributed by atoms with Crippen molar-refractivity contribution >= 4 is 49.6 Å². The van der Waals surface area contributed by atoms with Crippen molar-refractivity contribution in [2.45, 2.75) is 5.41 Å². The Bertz CT molecular complexity index is 3850. The molecule has 11 aromatic carbocycles. The van der Waals surface area contributed by atoms with Crippen LogP contribution in [0, 0.1) is 0 Å². The average Bonchev–Trinajstić information content (AvgIpc) is 4.01. The van der Waals surface area contributed by atoms with Crippen molar-refractivity contribution in [3.8, 4) is 50.2 Å². The molecule has 0 fully saturated rings. The zero-order valence-corrected chi connectivity index (χ0v) is 36.6. The van der Waals surface area contributed by atoms with E-state index in [0.29, 0.717) is 0 Å². The number of benzene rings is 11. The minimum Gasteiger partial charge on any atom is -0.310 e. The van der Waals surface area contributed by atoms with Crippen molar-refractivity contribution in [3.63, 3.8) is 0 Å². The molecule has 1 spiro atoms. The van der Waals surface area contributed by atoms with E-state index in [2.05, 4.69) is 264 Å². The maximum atomic E-state index is 2.50. The Kier molecular flexibility index (Phi) is 8.23. The third-order valence-corrected chi connectivity index (χ3v) is 14.6. The van der Waals surface area contributed by atoms with Gasteiger partial charge < -0.3 is 9.47 Å². The van der Waals surface area contributed by atoms with E-state index in [4.69, 9.17) is 0 Å². The van der Waals surface area contributed by atoms with Crippen LogP contribution >= 0.6 is 0 Å². The van der Waals surface area contributed by atoms with Gasteiger partial charge in [-0.05, 0) is 144 Å². The molecule has 0 saturated carbocycles. The maximum absolute atomic E-state index is 2.50. The standard InChI is InChI=1S/C65H42N2/c1-3-15-43(16-4-1)44-27-33-49(34-28-44)66(50-35-29-45(30-36-50)47-32-40-63-58(41-47)56-23-11-14-26-62(56)67(63)48-18-5-2-6-19-48)51-37-39-55-57-38-31-46-17-7-8-20-52(46)64(57)65(61(55)42-51)59-24-12-9-21-53(59)54-22-10-13-25-60(54)65/h1-42H. The highest BCUT2D eigenvalue weighted by Gasteiger charge is 2.52. The first kappa shape index (κ1) is 37.6. The molecule has 312 valence electrons. The monoisotopic (exact) mass is 850 g/mol. The molecule has 0 amide bonds. The first-order valence-corrected chi connectivity index (χ1v) is 23.3. The topological polar surface area (TPSA) is 8.17 Å². The Labute approximate surface area is 389 Å². The van der Waals surface area contributed by atoms with E-state index < -0.39 is 5.41 Å². The van der Waals surface area contributed by atoms with E-state index in [9.17, 15) is 0 Å². The van der Waals surface area contributed by atoms with Crippen LogP contribution in [0.1, 0.15) is 22.3 Å². The van der Waals surface area contributed by atoms with Crippen LogP contribution in [0.25, 0.3) is 82.8 Å². The summed E-state index contributed by atoms with van der Waals surface area (Å²) < 4.78 is 2.38. The van der Waals surface area contributed by atoms with E-state index >= 15 is 0 Å². The number of anilines is 3. The van der Waals surface area contributed by atoms with Gasteiger partial charge in [0.25, 0.3) is 0 Å². The van der Waals surface area contributed by atoms with Crippen molar-refractivity contribution in [3.05, 3.63) is 277 Å². The molecule has 0 unspecified atom stereocenters. The van der Waals surface area contributed by atoms with Gasteiger partial charge in [-0.3, -0.25) is 0 Å². The SMILES string of the molecule is c1ccc(-c2ccc(N(c3ccc(-c4ccc5c(c4)c4ccccc4n5-c4ccccc4)cc3)c3ccc4c(c3)C3(c5ccccc5-c5ccccc53)c3c-4ccc4ccccc34)cc2)cc1. The van der Waals surface area contributed by atoms with Crippen LogP contribution < -0.4 is 4.90 Å². The van der Waals surface area contributed by atoms with Crippen LogP contribution in [0.15, 0.2) is 255 Å². The number of hydrogen-bond acceptors (Lipinski definition) is 1. The molecule has 0 aliphatic heterocycles. The summed E-state index contributed by atoms with van der Waals surface area (Å²) in [5, 5.41) is 5.06. The Morgan fingerprint density at radius 3 is 1.52 bits per heavy atom. The van der Waals surface area contributed by atoms with Gasteiger partial charge in [-0.25, -0.2) is 0 Å². The molecule has 0 radical (unpaired) electrons. The van der Waals surface area contributed by atoms with Crippen LogP contribution in [0.4, 0.5) is 17.1 Å². The highest BCUT2D eigenvalue weighted by Crippen LogP contribution is 2.64. The minimum absolute atomic E-state index is 0.496. The number of para-hydroxylation sites is 2. The van der Waals surface area contributed by atoms with Gasteiger partial charge in [0, 0.05) is 33.5 Å². The molecule has 67 heavy (non-hydrogen) atoms. The zero-order chi connectivity index (χ0) is 44.1. The van der Waals surface area contributed by atoms with Crippen molar-refractivity contribution in [1.29, 1.82) is 0 Å². The number of nitrogens with zero attached hydrogens (tertiary/aromatic N) is 2. The average molecular weight is 851 g/mol. The quantitative estimate of drug-likeness (QED) is 0.162. The summed E-state index contributed by atoms with van der Waals surface area (Å²) in [5.74, 6) is 0. The zero-order valence-electron chi connectivity index (χ0n) is 36.6. The van der Waals surface area contributed by atoms with Gasteiger partial charge in [-0.15, -0.1) is 0 Å². The predicted octanol–water partition coefficient (Wildman–Crippen LogP) is 17.1. The van der Waals surface area contributed by atoms with Gasteiger partial charge in [0.2, 0.25) is 0 Å². The second kappa shape index (κ2) is 14.7. The molecule has 14 rings (SSSR count). The third-order valence-electron chi connectivity index (χ3n) is 14.6. The molecule has 1 aromatic heterocycles. The smallest absolute Gasteiger partial charge is 0.0732 e. The van der Waals surface area contributed by atoms with Gasteiger partial charge in [0.05, 0.1) is 16.4 Å². The van der Waals surface area contributed by atoms with Crippen LogP contribution in [-0.4, -0.2) is 4.57 Å². The van der Waals surface area contributed by atoms with Crippen molar-refractivity contribution in [2.24, 2.45) is 0 Å². The fourth-order valence-electron chi connectivity index (χ4n) is 11.7. The largest absolute Gasteiger partial charge is 0.310 e. The first-order chi connectivity index (χ1) is 33.2. The molecule has 2 aliphatic carbocycles. The lowest BCUT2D eigenvalue weighted by Crippen LogP contribution is -2.26. The van der Waals surface area contributed by atoms with Gasteiger partial charge in [0.15, 0.2) is 0 Å². The van der Waals surface area contributed by atoms with E-state index in [1.54, 1.807) is 0 Å². The fraction of sp³-hybridized carbons (Fsp3) is 0.0154. The van der Waals surface area contributed by atoms with Crippen LogP contribution in [-0.2, 0) is 5.41 Å². The Morgan fingerprint density at radius 1 is 0.299 bits per heavy atom. The van der Waals surface area contributed by atoms with Crippen LogP contribution in [0.2, 0.25) is 0 Å². The summed E-state index contributed by atoms with van der Waals surface area (Å²) >= 11 is 0. The number of fused-ring (bicyclic) bond motifs is 15. The van der Waals surface area contributed by atoms with E-state index in [0.717, 1.165) is 17.1 Å². The highest BCUT2D eigenvalue weighted by molar-refractivity contribution is 6.11. The summed E-state index contributed by atoms with van der Waals surface area (Å²) in [6, 6.07) is 94.3. The molecule has 0 N–H and O–H groups in total. The van der Waals surface area contributed by atoms with Crippen molar-refractivity contribution in [1.82, 2.24) is 4.57 Å². The second-order valence-electron chi connectivity index (χ2n) is 18.0. The van der Waals surface area contributed by atoms with Gasteiger partial charge in [-0.1, -0.05) is 188 Å². The van der Waals surface area contributed by atoms with Crippen molar-refractivity contribution in [2.75, 3.05) is 4.90 Å². The first-order valence-electron chi connectivity index (χ1n) is 23.3. The van der Waals surface area contributed by atoms with Gasteiger partial charge in [0.1, 0.15) is 0 Å². The molecule has 0 atom stereocenters. The summed E-state index contributed by atoms with van der Waals surface area (Å²) in [6.45, 7) is 0. The Morgan fingerprint density at radius 2 is 0.806 bits per heavy atom. The molecule has 2 nitrogen and oxygen atoms in total. The Balaban J connectivity index is 0.949. The summed E-state index contributed by atoms with van der Waals surface area (Å²) in [5.41, 5.74) is 21.8. The summed E-state index contributed by atoms with van der Waals surface area (Å²) in [7, 11) is 0. The number of rotatable bonds is 6. The van der Waals surface area contributed by atoms with Crippen molar-refractivity contribution < 1.29 is 0 Å². The summed E-state index contributed by atoms with van der Waals surface area (Å²) in [6.07, 6.45) is 0. The maximum Gasteiger partial charge on any atom is 0.0732 e. The molecule has 1 heterocycles. The van der Waals surface area contributed by atoms with Crippen LogP contribution in [0.3, 0.4) is 0 Å². The number of hydrogen-bond donors (Lipinski definition) is 0. The van der Waals surface area contributed by atoms with Gasteiger partial charge in [-0.2, -0.15) is 0 Å². The lowest BCUT2D eigenvalue weighted by atomic mass is 9.69. The van der Waals surface area contributed by atoms with Gasteiger partial charge >= 0.3 is 0 Å². The molecular weight excluding hydrogens is 809 g/mol. The van der Waals surface area contributed by atoms with E-state index in [1.165, 1.54) is 105 Å². The predicted molar refractivity (Wildman–Crippen MR) is 280 cm³/mol. The molecular formula is C65H42N2. The fourth-order valence-corrected chi connectivity index (χ4v) is 11.7. The minimum atomic E-state index is -0.496. The second-order valence-corrected chi connectivity index (χ2v) is 18.0. The summed E-state index contributed by atoms with van der Waals surface area (Å²) in [4.78, 5) is 2.44. The van der Waals surface area contributed by atoms with E-state index in [1.807, 2.05) is 0 Å². The lowest BCUT2D eigenvalue weighted by molar-refractivity contribution is 0.801. The van der Waals surface area contributed by atoms with E-state index in [-0.39, 0.29) is 0 Å². The highest BCUT2D eigenvalue weighted by atomic mass is 15.1. The normalized spacial score (nSPS) is 12.9. The van der Waals surface area contributed by atoms with Crippen LogP contribution in [0.5, 0.6) is 0 Å². The third kappa shape index (κ3) is 5.51.